The van der Waals surface area contributed by atoms with Crippen molar-refractivity contribution in [2.24, 2.45) is 0 Å². The number of likely N-dealkylation sites (tertiary alicyclic amines) is 1. The van der Waals surface area contributed by atoms with Crippen molar-refractivity contribution in [3.05, 3.63) is 28.3 Å². The Morgan fingerprint density at radius 2 is 2.19 bits per heavy atom. The molecule has 150 valence electrons. The molecule has 1 heterocycles. The quantitative estimate of drug-likeness (QED) is 0.510. The second kappa shape index (κ2) is 10.1. The average Bonchev–Trinajstić information content (AvgIpc) is 2.87. The van der Waals surface area contributed by atoms with E-state index in [2.05, 4.69) is 4.90 Å². The van der Waals surface area contributed by atoms with Crippen LogP contribution in [0.25, 0.3) is 0 Å². The summed E-state index contributed by atoms with van der Waals surface area (Å²) in [7, 11) is 3.31. The zero-order valence-electron chi connectivity index (χ0n) is 15.8. The molecule has 0 bridgehead atoms. The van der Waals surface area contributed by atoms with Gasteiger partial charge in [-0.05, 0) is 51.5 Å². The fourth-order valence-electron chi connectivity index (χ4n) is 3.32. The van der Waals surface area contributed by atoms with E-state index in [0.29, 0.717) is 18.9 Å². The monoisotopic (exact) mass is 381 g/mol. The molecule has 1 saturated heterocycles. The summed E-state index contributed by atoms with van der Waals surface area (Å²) in [6.45, 7) is 2.82. The lowest BCUT2D eigenvalue weighted by molar-refractivity contribution is -0.385. The first-order valence-corrected chi connectivity index (χ1v) is 9.00. The lowest BCUT2D eigenvalue weighted by Crippen LogP contribution is -2.37. The highest BCUT2D eigenvalue weighted by Crippen LogP contribution is 2.31. The SMILES string of the molecule is COc1ccc(OCCN2CCCC(N(C)CC(=O)O)CC2)c([N+](=O)[O-])c1. The number of nitro benzene ring substituents is 1. The highest BCUT2D eigenvalue weighted by atomic mass is 16.6. The number of carbonyl (C=O) groups is 1. The third-order valence-corrected chi connectivity index (χ3v) is 4.83. The Balaban J connectivity index is 1.84. The normalized spacial score (nSPS) is 18.1. The van der Waals surface area contributed by atoms with Crippen LogP contribution in [0.5, 0.6) is 11.5 Å². The van der Waals surface area contributed by atoms with Gasteiger partial charge >= 0.3 is 11.7 Å². The minimum absolute atomic E-state index is 0.0505. The van der Waals surface area contributed by atoms with Gasteiger partial charge in [-0.1, -0.05) is 0 Å². The van der Waals surface area contributed by atoms with E-state index in [0.717, 1.165) is 32.4 Å². The first kappa shape index (κ1) is 20.9. The van der Waals surface area contributed by atoms with Gasteiger partial charge in [-0.3, -0.25) is 24.7 Å². The Labute approximate surface area is 158 Å². The number of benzene rings is 1. The van der Waals surface area contributed by atoms with Crippen LogP contribution in [-0.4, -0.2) is 78.8 Å². The molecule has 1 aliphatic heterocycles. The fourth-order valence-corrected chi connectivity index (χ4v) is 3.32. The number of rotatable bonds is 9. The zero-order valence-corrected chi connectivity index (χ0v) is 15.8. The van der Waals surface area contributed by atoms with Crippen LogP contribution < -0.4 is 9.47 Å². The Kier molecular flexibility index (Phi) is 7.81. The summed E-state index contributed by atoms with van der Waals surface area (Å²) >= 11 is 0. The summed E-state index contributed by atoms with van der Waals surface area (Å²) in [6, 6.07) is 4.80. The molecule has 0 aliphatic carbocycles. The minimum atomic E-state index is -0.812. The van der Waals surface area contributed by atoms with Crippen LogP contribution in [0.3, 0.4) is 0 Å². The van der Waals surface area contributed by atoms with E-state index < -0.39 is 10.9 Å². The maximum atomic E-state index is 11.2. The van der Waals surface area contributed by atoms with Crippen LogP contribution in [0.2, 0.25) is 0 Å². The van der Waals surface area contributed by atoms with Gasteiger partial charge in [0.05, 0.1) is 24.6 Å². The second-order valence-electron chi connectivity index (χ2n) is 6.67. The summed E-state index contributed by atoms with van der Waals surface area (Å²) in [4.78, 5) is 25.7. The van der Waals surface area contributed by atoms with Crippen LogP contribution in [0.15, 0.2) is 18.2 Å². The summed E-state index contributed by atoms with van der Waals surface area (Å²) in [5, 5.41) is 20.1. The number of aliphatic carboxylic acids is 1. The van der Waals surface area contributed by atoms with Crippen molar-refractivity contribution in [2.45, 2.75) is 25.3 Å². The maximum absolute atomic E-state index is 11.2. The number of methoxy groups -OCH3 is 1. The summed E-state index contributed by atoms with van der Waals surface area (Å²) in [5.74, 6) is -0.166. The van der Waals surface area contributed by atoms with E-state index in [1.54, 1.807) is 12.1 Å². The molecule has 27 heavy (non-hydrogen) atoms. The van der Waals surface area contributed by atoms with E-state index in [1.807, 2.05) is 11.9 Å². The van der Waals surface area contributed by atoms with E-state index in [4.69, 9.17) is 14.6 Å². The van der Waals surface area contributed by atoms with Crippen LogP contribution in [0, 0.1) is 10.1 Å². The van der Waals surface area contributed by atoms with Gasteiger partial charge in [0.2, 0.25) is 0 Å². The number of likely N-dealkylation sites (N-methyl/N-ethyl adjacent to an activating group) is 1. The van der Waals surface area contributed by atoms with E-state index >= 15 is 0 Å². The van der Waals surface area contributed by atoms with Gasteiger partial charge in [-0.2, -0.15) is 0 Å². The molecular formula is C18H27N3O6. The Morgan fingerprint density at radius 3 is 2.85 bits per heavy atom. The van der Waals surface area contributed by atoms with E-state index in [1.165, 1.54) is 13.2 Å². The predicted molar refractivity (Wildman–Crippen MR) is 99.5 cm³/mol. The Morgan fingerprint density at radius 1 is 1.41 bits per heavy atom. The lowest BCUT2D eigenvalue weighted by atomic mass is 10.1. The standard InChI is InChI=1S/C18H27N3O6/c1-19(13-18(22)23)14-4-3-8-20(9-7-14)10-11-27-17-6-5-15(26-2)12-16(17)21(24)25/h5-6,12,14H,3-4,7-11,13H2,1-2H3,(H,22,23). The van der Waals surface area contributed by atoms with Gasteiger partial charge in [-0.15, -0.1) is 0 Å². The highest BCUT2D eigenvalue weighted by molar-refractivity contribution is 5.69. The summed E-state index contributed by atoms with van der Waals surface area (Å²) in [5.41, 5.74) is -0.111. The van der Waals surface area contributed by atoms with Crippen LogP contribution in [0.1, 0.15) is 19.3 Å². The van der Waals surface area contributed by atoms with Crippen molar-refractivity contribution >= 4 is 11.7 Å². The summed E-state index contributed by atoms with van der Waals surface area (Å²) in [6.07, 6.45) is 2.84. The predicted octanol–water partition coefficient (Wildman–Crippen LogP) is 1.85. The first-order chi connectivity index (χ1) is 12.9. The van der Waals surface area contributed by atoms with Crippen LogP contribution in [-0.2, 0) is 4.79 Å². The van der Waals surface area contributed by atoms with Gasteiger partial charge < -0.3 is 14.6 Å². The molecule has 0 aromatic heterocycles. The van der Waals surface area contributed by atoms with E-state index in [9.17, 15) is 14.9 Å². The number of carboxylic acids is 1. The molecule has 1 atom stereocenters. The van der Waals surface area contributed by atoms with Crippen molar-refractivity contribution in [3.63, 3.8) is 0 Å². The lowest BCUT2D eigenvalue weighted by Gasteiger charge is -2.25. The average molecular weight is 381 g/mol. The molecule has 1 unspecified atom stereocenters. The summed E-state index contributed by atoms with van der Waals surface area (Å²) < 4.78 is 10.7. The van der Waals surface area contributed by atoms with Gasteiger partial charge in [0.1, 0.15) is 12.4 Å². The van der Waals surface area contributed by atoms with Crippen molar-refractivity contribution in [1.82, 2.24) is 9.80 Å². The third-order valence-electron chi connectivity index (χ3n) is 4.83. The topological polar surface area (TPSA) is 105 Å². The zero-order chi connectivity index (χ0) is 19.8. The van der Waals surface area contributed by atoms with Crippen molar-refractivity contribution in [1.29, 1.82) is 0 Å². The molecule has 1 fully saturated rings. The maximum Gasteiger partial charge on any atom is 0.317 e. The minimum Gasteiger partial charge on any atom is -0.496 e. The molecule has 0 amide bonds. The number of ether oxygens (including phenoxy) is 2. The van der Waals surface area contributed by atoms with Crippen molar-refractivity contribution < 1.29 is 24.3 Å². The van der Waals surface area contributed by atoms with Crippen molar-refractivity contribution in [2.75, 3.05) is 46.9 Å². The largest absolute Gasteiger partial charge is 0.496 e. The third kappa shape index (κ3) is 6.37. The Hall–Kier alpha value is -2.39. The van der Waals surface area contributed by atoms with E-state index in [-0.39, 0.29) is 24.0 Å². The van der Waals surface area contributed by atoms with Gasteiger partial charge in [0.15, 0.2) is 5.75 Å². The molecule has 1 aromatic carbocycles. The smallest absolute Gasteiger partial charge is 0.317 e. The molecular weight excluding hydrogens is 354 g/mol. The molecule has 2 rings (SSSR count). The van der Waals surface area contributed by atoms with Crippen LogP contribution in [0.4, 0.5) is 5.69 Å². The highest BCUT2D eigenvalue weighted by Gasteiger charge is 2.22. The molecule has 9 nitrogen and oxygen atoms in total. The van der Waals surface area contributed by atoms with Gasteiger partial charge in [0, 0.05) is 12.6 Å². The fraction of sp³-hybridized carbons (Fsp3) is 0.611. The molecule has 1 aliphatic rings. The second-order valence-corrected chi connectivity index (χ2v) is 6.67. The Bertz CT molecular complexity index is 654. The van der Waals surface area contributed by atoms with Gasteiger partial charge in [-0.25, -0.2) is 0 Å². The molecule has 0 spiro atoms. The number of hydrogen-bond donors (Lipinski definition) is 1. The molecule has 1 aromatic rings. The molecule has 1 N–H and O–H groups in total. The van der Waals surface area contributed by atoms with Gasteiger partial charge in [0.25, 0.3) is 0 Å². The van der Waals surface area contributed by atoms with Crippen molar-refractivity contribution in [3.8, 4) is 11.5 Å². The number of carboxylic acid groups (broad SMARTS) is 1. The first-order valence-electron chi connectivity index (χ1n) is 9.00. The number of nitrogens with zero attached hydrogens (tertiary/aromatic N) is 3. The van der Waals surface area contributed by atoms with Crippen LogP contribution >= 0.6 is 0 Å². The molecule has 0 saturated carbocycles. The molecule has 0 radical (unpaired) electrons. The molecule has 9 heteroatoms. The number of nitro groups is 1. The number of hydrogen-bond acceptors (Lipinski definition) is 7.